The number of carbonyl (C=O) groups is 2. The number of thioether (sulfide) groups is 1. The molecule has 1 atom stereocenters. The van der Waals surface area contributed by atoms with Gasteiger partial charge in [0.05, 0.1) is 5.56 Å². The van der Waals surface area contributed by atoms with Crippen LogP contribution in [0.3, 0.4) is 0 Å². The van der Waals surface area contributed by atoms with Crippen molar-refractivity contribution < 1.29 is 28.2 Å². The average molecular weight is 317 g/mol. The lowest BCUT2D eigenvalue weighted by Gasteiger charge is -2.25. The van der Waals surface area contributed by atoms with Gasteiger partial charge in [-0.3, -0.25) is 4.79 Å². The number of nitrogens with one attached hydrogen (secondary N) is 1. The van der Waals surface area contributed by atoms with Gasteiger partial charge in [0.1, 0.15) is 11.3 Å². The normalized spacial score (nSPS) is 21.3. The molecular formula is C13H13F2NO4S. The second-order valence-electron chi connectivity index (χ2n) is 4.52. The van der Waals surface area contributed by atoms with E-state index < -0.39 is 24.0 Å². The van der Waals surface area contributed by atoms with Crippen LogP contribution in [0.5, 0.6) is 5.75 Å². The molecule has 0 aliphatic carbocycles. The number of alkyl halides is 2. The van der Waals surface area contributed by atoms with Gasteiger partial charge in [0.2, 0.25) is 0 Å². The largest absolute Gasteiger partial charge is 0.479 e. The topological polar surface area (TPSA) is 75.6 Å². The summed E-state index contributed by atoms with van der Waals surface area (Å²) in [5, 5.41) is 11.7. The molecule has 1 aliphatic rings. The maximum atomic E-state index is 12.3. The van der Waals surface area contributed by atoms with E-state index >= 15 is 0 Å². The summed E-state index contributed by atoms with van der Waals surface area (Å²) in [6, 6.07) is 5.49. The van der Waals surface area contributed by atoms with Crippen molar-refractivity contribution in [2.45, 2.75) is 18.6 Å². The van der Waals surface area contributed by atoms with E-state index in [1.54, 1.807) is 0 Å². The Morgan fingerprint density at radius 1 is 1.38 bits per heavy atom. The highest BCUT2D eigenvalue weighted by atomic mass is 32.2. The first-order valence-corrected chi connectivity index (χ1v) is 7.27. The number of benzene rings is 1. The summed E-state index contributed by atoms with van der Waals surface area (Å²) in [6.45, 7) is -3.06. The first-order chi connectivity index (χ1) is 9.94. The predicted molar refractivity (Wildman–Crippen MR) is 72.8 cm³/mol. The number of carbonyl (C=O) groups excluding carboxylic acids is 1. The number of amides is 1. The zero-order valence-electron chi connectivity index (χ0n) is 10.8. The molecule has 5 nitrogen and oxygen atoms in total. The maximum Gasteiger partial charge on any atom is 0.387 e. The number of rotatable bonds is 5. The van der Waals surface area contributed by atoms with Crippen LogP contribution in [-0.2, 0) is 4.79 Å². The number of aliphatic carboxylic acids is 1. The second kappa shape index (κ2) is 6.30. The maximum absolute atomic E-state index is 12.3. The molecule has 21 heavy (non-hydrogen) atoms. The van der Waals surface area contributed by atoms with Gasteiger partial charge in [0.15, 0.2) is 0 Å². The Kier molecular flexibility index (Phi) is 4.66. The van der Waals surface area contributed by atoms with Crippen LogP contribution < -0.4 is 10.1 Å². The SMILES string of the molecule is O=C(NC1(C(=O)O)CCSC1)c1ccccc1OC(F)F. The van der Waals surface area contributed by atoms with Crippen LogP contribution in [0.15, 0.2) is 24.3 Å². The molecule has 1 aromatic rings. The standard InChI is InChI=1S/C13H13F2NO4S/c14-12(15)20-9-4-2-1-3-8(9)10(17)16-13(11(18)19)5-6-21-7-13/h1-4,12H,5-7H2,(H,16,17)(H,18,19). The fourth-order valence-corrected chi connectivity index (χ4v) is 3.35. The van der Waals surface area contributed by atoms with E-state index in [1.165, 1.54) is 36.0 Å². The van der Waals surface area contributed by atoms with E-state index in [2.05, 4.69) is 10.1 Å². The first-order valence-electron chi connectivity index (χ1n) is 6.12. The Hall–Kier alpha value is -1.83. The third-order valence-electron chi connectivity index (χ3n) is 3.13. The van der Waals surface area contributed by atoms with Crippen molar-refractivity contribution in [2.24, 2.45) is 0 Å². The lowest BCUT2D eigenvalue weighted by Crippen LogP contribution is -2.54. The van der Waals surface area contributed by atoms with Crippen LogP contribution >= 0.6 is 11.8 Å². The molecule has 1 aliphatic heterocycles. The number of carboxylic acid groups (broad SMARTS) is 1. The van der Waals surface area contributed by atoms with Crippen molar-refractivity contribution in [3.05, 3.63) is 29.8 Å². The van der Waals surface area contributed by atoms with Crippen molar-refractivity contribution in [3.8, 4) is 5.75 Å². The summed E-state index contributed by atoms with van der Waals surface area (Å²) >= 11 is 1.41. The zero-order valence-corrected chi connectivity index (χ0v) is 11.7. The summed E-state index contributed by atoms with van der Waals surface area (Å²) in [4.78, 5) is 23.6. The van der Waals surface area contributed by atoms with Gasteiger partial charge >= 0.3 is 12.6 Å². The molecule has 2 rings (SSSR count). The Morgan fingerprint density at radius 3 is 2.67 bits per heavy atom. The third-order valence-corrected chi connectivity index (χ3v) is 4.32. The third kappa shape index (κ3) is 3.44. The number of halogens is 2. The van der Waals surface area contributed by atoms with Crippen molar-refractivity contribution in [2.75, 3.05) is 11.5 Å². The van der Waals surface area contributed by atoms with Crippen molar-refractivity contribution >= 4 is 23.6 Å². The molecule has 1 amide bonds. The highest BCUT2D eigenvalue weighted by Crippen LogP contribution is 2.29. The van der Waals surface area contributed by atoms with E-state index in [-0.39, 0.29) is 23.5 Å². The lowest BCUT2D eigenvalue weighted by atomic mass is 9.98. The minimum absolute atomic E-state index is 0.115. The summed E-state index contributed by atoms with van der Waals surface area (Å²) < 4.78 is 28.9. The fraction of sp³-hybridized carbons (Fsp3) is 0.385. The van der Waals surface area contributed by atoms with Gasteiger partial charge in [-0.1, -0.05) is 12.1 Å². The molecule has 0 bridgehead atoms. The molecule has 1 saturated heterocycles. The monoisotopic (exact) mass is 317 g/mol. The van der Waals surface area contributed by atoms with Crippen molar-refractivity contribution in [1.82, 2.24) is 5.32 Å². The summed E-state index contributed by atoms with van der Waals surface area (Å²) in [5.41, 5.74) is -1.48. The van der Waals surface area contributed by atoms with Crippen LogP contribution in [0.4, 0.5) is 8.78 Å². The molecule has 1 heterocycles. The van der Waals surface area contributed by atoms with Crippen molar-refractivity contribution in [3.63, 3.8) is 0 Å². The van der Waals surface area contributed by atoms with E-state index in [1.807, 2.05) is 0 Å². The summed E-state index contributed by atoms with van der Waals surface area (Å²) in [7, 11) is 0. The smallest absolute Gasteiger partial charge is 0.387 e. The Balaban J connectivity index is 2.22. The number of ether oxygens (including phenoxy) is 1. The molecule has 0 radical (unpaired) electrons. The molecule has 1 unspecified atom stereocenters. The van der Waals surface area contributed by atoms with Gasteiger partial charge < -0.3 is 15.2 Å². The molecule has 0 saturated carbocycles. The predicted octanol–water partition coefficient (Wildman–Crippen LogP) is 1.98. The van der Waals surface area contributed by atoms with Gasteiger partial charge in [0, 0.05) is 5.75 Å². The Bertz CT molecular complexity index is 547. The molecule has 2 N–H and O–H groups in total. The van der Waals surface area contributed by atoms with Gasteiger partial charge in [-0.2, -0.15) is 20.5 Å². The average Bonchev–Trinajstić information content (AvgIpc) is 2.88. The summed E-state index contributed by atoms with van der Waals surface area (Å²) in [5.74, 6) is -1.30. The van der Waals surface area contributed by atoms with Crippen LogP contribution in [0.25, 0.3) is 0 Å². The van der Waals surface area contributed by atoms with Crippen LogP contribution in [0.1, 0.15) is 16.8 Å². The molecule has 1 fully saturated rings. The lowest BCUT2D eigenvalue weighted by molar-refractivity contribution is -0.143. The number of carboxylic acids is 1. The minimum atomic E-state index is -3.06. The molecule has 114 valence electrons. The zero-order chi connectivity index (χ0) is 15.5. The fourth-order valence-electron chi connectivity index (χ4n) is 2.02. The number of hydrogen-bond acceptors (Lipinski definition) is 4. The van der Waals surface area contributed by atoms with Gasteiger partial charge in [-0.25, -0.2) is 4.79 Å². The molecule has 8 heteroatoms. The van der Waals surface area contributed by atoms with Crippen LogP contribution in [0.2, 0.25) is 0 Å². The minimum Gasteiger partial charge on any atom is -0.479 e. The molecule has 0 spiro atoms. The highest BCUT2D eigenvalue weighted by Gasteiger charge is 2.43. The Morgan fingerprint density at radius 2 is 2.10 bits per heavy atom. The van der Waals surface area contributed by atoms with E-state index in [4.69, 9.17) is 0 Å². The van der Waals surface area contributed by atoms with E-state index in [9.17, 15) is 23.5 Å². The molecule has 1 aromatic carbocycles. The first kappa shape index (κ1) is 15.6. The number of hydrogen-bond donors (Lipinski definition) is 2. The van der Waals surface area contributed by atoms with E-state index in [0.29, 0.717) is 5.75 Å². The highest BCUT2D eigenvalue weighted by molar-refractivity contribution is 7.99. The number of para-hydroxylation sites is 1. The van der Waals surface area contributed by atoms with Gasteiger partial charge in [-0.05, 0) is 24.3 Å². The van der Waals surface area contributed by atoms with Crippen molar-refractivity contribution in [1.29, 1.82) is 0 Å². The van der Waals surface area contributed by atoms with Crippen LogP contribution in [0, 0.1) is 0 Å². The van der Waals surface area contributed by atoms with Crippen LogP contribution in [-0.4, -0.2) is 40.6 Å². The quantitative estimate of drug-likeness (QED) is 0.868. The molecule has 0 aromatic heterocycles. The second-order valence-corrected chi connectivity index (χ2v) is 5.62. The molecular weight excluding hydrogens is 304 g/mol. The summed E-state index contributed by atoms with van der Waals surface area (Å²) in [6.07, 6.45) is 0.288. The van der Waals surface area contributed by atoms with Gasteiger partial charge in [-0.15, -0.1) is 0 Å². The van der Waals surface area contributed by atoms with Gasteiger partial charge in [0.25, 0.3) is 5.91 Å². The van der Waals surface area contributed by atoms with E-state index in [0.717, 1.165) is 0 Å². The Labute approximate surface area is 123 Å².